The summed E-state index contributed by atoms with van der Waals surface area (Å²) in [5.74, 6) is -0.139. The molecule has 0 saturated carbocycles. The summed E-state index contributed by atoms with van der Waals surface area (Å²) in [5, 5.41) is 54.6. The van der Waals surface area contributed by atoms with Crippen molar-refractivity contribution in [2.24, 2.45) is 0 Å². The molecule has 1 saturated heterocycles. The third-order valence-corrected chi connectivity index (χ3v) is 14.6. The van der Waals surface area contributed by atoms with E-state index in [0.29, 0.717) is 12.8 Å². The maximum absolute atomic E-state index is 13.1. The Hall–Kier alpha value is -1.07. The second-order valence-corrected chi connectivity index (χ2v) is 21.1. The van der Waals surface area contributed by atoms with E-state index in [-0.39, 0.29) is 12.5 Å². The van der Waals surface area contributed by atoms with Crippen LogP contribution in [0.1, 0.15) is 303 Å². The Balaban J connectivity index is 2.11. The van der Waals surface area contributed by atoms with Crippen molar-refractivity contribution in [2.75, 3.05) is 13.2 Å². The Morgan fingerprint density at radius 1 is 0.485 bits per heavy atom. The van der Waals surface area contributed by atoms with Crippen molar-refractivity contribution < 1.29 is 39.8 Å². The van der Waals surface area contributed by atoms with E-state index in [1.54, 1.807) is 0 Å². The fourth-order valence-electron chi connectivity index (χ4n) is 9.87. The molecule has 68 heavy (non-hydrogen) atoms. The Bertz CT molecular complexity index is 1080. The van der Waals surface area contributed by atoms with Crippen molar-refractivity contribution in [3.63, 3.8) is 0 Å². The smallest absolute Gasteiger partial charge is 0.220 e. The largest absolute Gasteiger partial charge is 0.394 e. The topological polar surface area (TPSA) is 149 Å². The summed E-state index contributed by atoms with van der Waals surface area (Å²) in [6, 6.07) is -0.715. The van der Waals surface area contributed by atoms with Gasteiger partial charge < -0.3 is 40.3 Å². The zero-order valence-electron chi connectivity index (χ0n) is 44.9. The fourth-order valence-corrected chi connectivity index (χ4v) is 9.87. The van der Waals surface area contributed by atoms with E-state index in [0.717, 1.165) is 38.5 Å². The van der Waals surface area contributed by atoms with Gasteiger partial charge in [-0.25, -0.2) is 0 Å². The number of allylic oxidation sites excluding steroid dienone is 2. The van der Waals surface area contributed by atoms with Crippen LogP contribution in [0, 0.1) is 0 Å². The molecular weight excluding hydrogens is 851 g/mol. The second kappa shape index (κ2) is 49.5. The third-order valence-electron chi connectivity index (χ3n) is 14.6. The van der Waals surface area contributed by atoms with E-state index in [1.165, 1.54) is 238 Å². The molecule has 1 amide bonds. The highest BCUT2D eigenvalue weighted by atomic mass is 16.7. The molecule has 7 unspecified atom stereocenters. The predicted octanol–water partition coefficient (Wildman–Crippen LogP) is 14.8. The van der Waals surface area contributed by atoms with Crippen molar-refractivity contribution in [2.45, 2.75) is 346 Å². The predicted molar refractivity (Wildman–Crippen MR) is 286 cm³/mol. The summed E-state index contributed by atoms with van der Waals surface area (Å²) in [6.45, 7) is 3.87. The summed E-state index contributed by atoms with van der Waals surface area (Å²) in [7, 11) is 0. The molecule has 1 fully saturated rings. The van der Waals surface area contributed by atoms with E-state index in [4.69, 9.17) is 9.47 Å². The molecule has 0 aromatic heterocycles. The van der Waals surface area contributed by atoms with Gasteiger partial charge in [-0.2, -0.15) is 0 Å². The number of ether oxygens (including phenoxy) is 2. The number of hydrogen-bond donors (Lipinski definition) is 6. The lowest BCUT2D eigenvalue weighted by Crippen LogP contribution is -2.60. The van der Waals surface area contributed by atoms with E-state index < -0.39 is 49.5 Å². The number of unbranched alkanes of at least 4 members (excludes halogenated alkanes) is 40. The molecule has 7 atom stereocenters. The summed E-state index contributed by atoms with van der Waals surface area (Å²) < 4.78 is 11.3. The molecule has 0 aromatic carbocycles. The highest BCUT2D eigenvalue weighted by Gasteiger charge is 2.44. The van der Waals surface area contributed by atoms with Crippen LogP contribution >= 0.6 is 0 Å². The number of carbonyl (C=O) groups is 1. The molecule has 0 aromatic rings. The van der Waals surface area contributed by atoms with Crippen LogP contribution in [0.15, 0.2) is 12.2 Å². The number of nitrogens with one attached hydrogen (secondary N) is 1. The van der Waals surface area contributed by atoms with Crippen molar-refractivity contribution in [1.29, 1.82) is 0 Å². The number of amides is 1. The van der Waals surface area contributed by atoms with Crippen LogP contribution < -0.4 is 5.32 Å². The average Bonchev–Trinajstić information content (AvgIpc) is 3.34. The summed E-state index contributed by atoms with van der Waals surface area (Å²) in [6.07, 6.45) is 54.0. The van der Waals surface area contributed by atoms with Crippen molar-refractivity contribution in [1.82, 2.24) is 5.32 Å². The zero-order valence-corrected chi connectivity index (χ0v) is 44.9. The van der Waals surface area contributed by atoms with Crippen molar-refractivity contribution >= 4 is 5.91 Å². The molecule has 0 spiro atoms. The second-order valence-electron chi connectivity index (χ2n) is 21.1. The molecule has 0 bridgehead atoms. The van der Waals surface area contributed by atoms with Gasteiger partial charge in [-0.1, -0.05) is 270 Å². The molecule has 1 rings (SSSR count). The van der Waals surface area contributed by atoms with E-state index in [1.807, 2.05) is 0 Å². The van der Waals surface area contributed by atoms with Crippen molar-refractivity contribution in [3.8, 4) is 0 Å². The standard InChI is InChI=1S/C59H115NO8/c1-3-5-7-9-11-13-15-17-19-20-21-22-23-24-25-26-27-28-29-30-31-32-33-34-35-37-39-41-43-45-47-49-55(63)60-52(51-67-59-58(66)57(65)56(64)54(50-61)68-59)53(62)48-46-44-42-40-38-36-18-16-14-12-10-8-6-4-2/h24-25,52-54,56-59,61-62,64-66H,3-23,26-51H2,1-2H3,(H,60,63)/b25-24-. The van der Waals surface area contributed by atoms with Crippen molar-refractivity contribution in [3.05, 3.63) is 12.2 Å². The van der Waals surface area contributed by atoms with Gasteiger partial charge in [0.2, 0.25) is 5.91 Å². The van der Waals surface area contributed by atoms with Crippen LogP contribution in [-0.4, -0.2) is 87.5 Å². The van der Waals surface area contributed by atoms with Gasteiger partial charge in [-0.15, -0.1) is 0 Å². The molecular formula is C59H115NO8. The Kier molecular flexibility index (Phi) is 47.3. The number of aliphatic hydroxyl groups is 5. The van der Waals surface area contributed by atoms with Crippen LogP contribution in [0.4, 0.5) is 0 Å². The lowest BCUT2D eigenvalue weighted by Gasteiger charge is -2.40. The monoisotopic (exact) mass is 966 g/mol. The lowest BCUT2D eigenvalue weighted by molar-refractivity contribution is -0.302. The van der Waals surface area contributed by atoms with Gasteiger partial charge in [-0.05, 0) is 38.5 Å². The molecule has 6 N–H and O–H groups in total. The minimum Gasteiger partial charge on any atom is -0.394 e. The Morgan fingerprint density at radius 2 is 0.824 bits per heavy atom. The first-order chi connectivity index (χ1) is 33.3. The molecule has 1 aliphatic heterocycles. The molecule has 0 aliphatic carbocycles. The summed E-state index contributed by atoms with van der Waals surface area (Å²) >= 11 is 0. The summed E-state index contributed by atoms with van der Waals surface area (Å²) in [4.78, 5) is 13.1. The van der Waals surface area contributed by atoms with E-state index in [2.05, 4.69) is 31.3 Å². The number of aliphatic hydroxyl groups excluding tert-OH is 5. The zero-order chi connectivity index (χ0) is 49.4. The first-order valence-electron chi connectivity index (χ1n) is 29.9. The van der Waals surface area contributed by atoms with E-state index >= 15 is 0 Å². The maximum Gasteiger partial charge on any atom is 0.220 e. The van der Waals surface area contributed by atoms with Gasteiger partial charge >= 0.3 is 0 Å². The SMILES string of the molecule is CCCCCCCCCCCCCC/C=C\CCCCCCCCCCCCCCCCCC(=O)NC(COC1OC(CO)C(O)C(O)C1O)C(O)CCCCCCCCCCCCCCCC. The van der Waals surface area contributed by atoms with Gasteiger partial charge in [0.1, 0.15) is 24.4 Å². The van der Waals surface area contributed by atoms with Crippen LogP contribution in [-0.2, 0) is 14.3 Å². The molecule has 1 aliphatic rings. The third kappa shape index (κ3) is 38.6. The lowest BCUT2D eigenvalue weighted by atomic mass is 9.99. The quantitative estimate of drug-likeness (QED) is 0.0261. The van der Waals surface area contributed by atoms with Gasteiger partial charge in [0.25, 0.3) is 0 Å². The van der Waals surface area contributed by atoms with Crippen LogP contribution in [0.3, 0.4) is 0 Å². The number of hydrogen-bond acceptors (Lipinski definition) is 8. The van der Waals surface area contributed by atoms with Crippen LogP contribution in [0.2, 0.25) is 0 Å². The number of rotatable bonds is 52. The molecule has 9 nitrogen and oxygen atoms in total. The first-order valence-corrected chi connectivity index (χ1v) is 29.9. The first kappa shape index (κ1) is 64.9. The van der Waals surface area contributed by atoms with E-state index in [9.17, 15) is 30.3 Å². The Morgan fingerprint density at radius 3 is 1.19 bits per heavy atom. The normalized spacial score (nSPS) is 19.5. The fraction of sp³-hybridized carbons (Fsp3) is 0.949. The minimum absolute atomic E-state index is 0.133. The van der Waals surface area contributed by atoms with Gasteiger partial charge in [0.15, 0.2) is 6.29 Å². The molecule has 9 heteroatoms. The molecule has 404 valence electrons. The molecule has 0 radical (unpaired) electrons. The van der Waals surface area contributed by atoms with Crippen LogP contribution in [0.25, 0.3) is 0 Å². The van der Waals surface area contributed by atoms with Gasteiger partial charge in [0.05, 0.1) is 25.4 Å². The maximum atomic E-state index is 13.1. The summed E-state index contributed by atoms with van der Waals surface area (Å²) in [5.41, 5.74) is 0. The van der Waals surface area contributed by atoms with Gasteiger partial charge in [-0.3, -0.25) is 4.79 Å². The average molecular weight is 967 g/mol. The highest BCUT2D eigenvalue weighted by molar-refractivity contribution is 5.76. The highest BCUT2D eigenvalue weighted by Crippen LogP contribution is 2.23. The molecule has 1 heterocycles. The Labute approximate surface area is 420 Å². The van der Waals surface area contributed by atoms with Gasteiger partial charge in [0, 0.05) is 6.42 Å². The van der Waals surface area contributed by atoms with Crippen LogP contribution in [0.5, 0.6) is 0 Å². The number of carbonyl (C=O) groups excluding carboxylic acids is 1. The minimum atomic E-state index is -1.55.